The number of nitrogens with zero attached hydrogens (tertiary/aromatic N) is 4. The topological polar surface area (TPSA) is 120 Å². The molecule has 0 bridgehead atoms. The van der Waals surface area contributed by atoms with Crippen molar-refractivity contribution >= 4 is 35.1 Å². The highest BCUT2D eigenvalue weighted by molar-refractivity contribution is 6.15. The van der Waals surface area contributed by atoms with E-state index in [0.29, 0.717) is 16.9 Å². The van der Waals surface area contributed by atoms with Crippen LogP contribution in [0.5, 0.6) is 0 Å². The fourth-order valence-corrected chi connectivity index (χ4v) is 4.56. The van der Waals surface area contributed by atoms with E-state index in [2.05, 4.69) is 0 Å². The van der Waals surface area contributed by atoms with Crippen molar-refractivity contribution in [2.45, 2.75) is 18.5 Å². The molecule has 2 heterocycles. The molecule has 0 saturated carbocycles. The first-order valence-electron chi connectivity index (χ1n) is 11.1. The maximum atomic E-state index is 13.6. The van der Waals surface area contributed by atoms with Crippen LogP contribution >= 0.6 is 0 Å². The van der Waals surface area contributed by atoms with Gasteiger partial charge in [-0.3, -0.25) is 24.2 Å². The van der Waals surface area contributed by atoms with Crippen LogP contribution < -0.4 is 9.80 Å². The minimum atomic E-state index is -1.73. The van der Waals surface area contributed by atoms with Crippen molar-refractivity contribution < 1.29 is 28.7 Å². The van der Waals surface area contributed by atoms with Crippen LogP contribution in [-0.2, 0) is 23.9 Å². The van der Waals surface area contributed by atoms with Gasteiger partial charge in [-0.15, -0.1) is 0 Å². The molecule has 10 heteroatoms. The van der Waals surface area contributed by atoms with Crippen molar-refractivity contribution in [3.63, 3.8) is 0 Å². The van der Waals surface area contributed by atoms with E-state index in [1.54, 1.807) is 54.6 Å². The Bertz CT molecular complexity index is 1190. The number of rotatable bonds is 8. The van der Waals surface area contributed by atoms with Gasteiger partial charge in [0.2, 0.25) is 11.6 Å². The standard InChI is InChI=1S/C25H24N4O6/c1-34-16-15-28-23(32)19-9-5-6-10-20(19)29-21(30)11-12-25(28,29)24(33)35-17-22(31)27(14-13-26)18-7-3-2-4-8-18/h2-10H,11-12,14-17H2,1H3. The van der Waals surface area contributed by atoms with Crippen molar-refractivity contribution in [3.8, 4) is 6.07 Å². The molecule has 2 aliphatic rings. The number of carbonyl (C=O) groups excluding carboxylic acids is 4. The summed E-state index contributed by atoms with van der Waals surface area (Å²) in [7, 11) is 1.47. The maximum absolute atomic E-state index is 13.6. The number of carbonyl (C=O) groups is 4. The zero-order valence-electron chi connectivity index (χ0n) is 19.2. The van der Waals surface area contributed by atoms with Crippen molar-refractivity contribution in [2.75, 3.05) is 43.2 Å². The molecule has 2 aromatic carbocycles. The molecule has 0 N–H and O–H groups in total. The van der Waals surface area contributed by atoms with Crippen molar-refractivity contribution in [2.24, 2.45) is 0 Å². The van der Waals surface area contributed by atoms with Gasteiger partial charge in [-0.1, -0.05) is 30.3 Å². The second-order valence-corrected chi connectivity index (χ2v) is 8.06. The molecule has 0 aliphatic carbocycles. The Balaban J connectivity index is 1.65. The highest BCUT2D eigenvalue weighted by Crippen LogP contribution is 2.45. The predicted octanol–water partition coefficient (Wildman–Crippen LogP) is 1.71. The monoisotopic (exact) mass is 476 g/mol. The first kappa shape index (κ1) is 23.9. The summed E-state index contributed by atoms with van der Waals surface area (Å²) in [4.78, 5) is 56.7. The van der Waals surface area contributed by atoms with Gasteiger partial charge in [0.25, 0.3) is 11.8 Å². The van der Waals surface area contributed by atoms with Gasteiger partial charge in [0.1, 0.15) is 6.54 Å². The number of fused-ring (bicyclic) bond motifs is 3. The Hall–Kier alpha value is -4.23. The van der Waals surface area contributed by atoms with Crippen molar-refractivity contribution in [1.29, 1.82) is 5.26 Å². The Morgan fingerprint density at radius 3 is 2.54 bits per heavy atom. The third-order valence-corrected chi connectivity index (χ3v) is 6.14. The van der Waals surface area contributed by atoms with E-state index in [4.69, 9.17) is 14.7 Å². The molecule has 35 heavy (non-hydrogen) atoms. The molecule has 1 fully saturated rings. The smallest absolute Gasteiger partial charge is 0.354 e. The van der Waals surface area contributed by atoms with Crippen LogP contribution in [0.15, 0.2) is 54.6 Å². The number of ether oxygens (including phenoxy) is 2. The molecule has 1 unspecified atom stereocenters. The van der Waals surface area contributed by atoms with Gasteiger partial charge < -0.3 is 14.4 Å². The summed E-state index contributed by atoms with van der Waals surface area (Å²) in [6.07, 6.45) is 0.0436. The van der Waals surface area contributed by atoms with Gasteiger partial charge in [-0.05, 0) is 24.3 Å². The number of para-hydroxylation sites is 2. The Kier molecular flexibility index (Phi) is 6.80. The zero-order chi connectivity index (χ0) is 25.0. The van der Waals surface area contributed by atoms with Crippen LogP contribution in [0.4, 0.5) is 11.4 Å². The van der Waals surface area contributed by atoms with Crippen LogP contribution in [0.2, 0.25) is 0 Å². The van der Waals surface area contributed by atoms with Gasteiger partial charge >= 0.3 is 5.97 Å². The molecule has 1 atom stereocenters. The number of nitriles is 1. The second-order valence-electron chi connectivity index (χ2n) is 8.06. The largest absolute Gasteiger partial charge is 0.452 e. The quantitative estimate of drug-likeness (QED) is 0.420. The van der Waals surface area contributed by atoms with E-state index in [1.165, 1.54) is 21.8 Å². The lowest BCUT2D eigenvalue weighted by Crippen LogP contribution is -2.69. The van der Waals surface area contributed by atoms with Crippen LogP contribution in [-0.4, -0.2) is 67.7 Å². The lowest BCUT2D eigenvalue weighted by atomic mass is 9.96. The average molecular weight is 476 g/mol. The summed E-state index contributed by atoms with van der Waals surface area (Å²) in [5.41, 5.74) is -0.627. The Morgan fingerprint density at radius 2 is 1.83 bits per heavy atom. The van der Waals surface area contributed by atoms with E-state index >= 15 is 0 Å². The Morgan fingerprint density at radius 1 is 1.11 bits per heavy atom. The lowest BCUT2D eigenvalue weighted by molar-refractivity contribution is -0.159. The molecule has 0 aromatic heterocycles. The fraction of sp³-hybridized carbons (Fsp3) is 0.320. The lowest BCUT2D eigenvalue weighted by Gasteiger charge is -2.48. The summed E-state index contributed by atoms with van der Waals surface area (Å²) in [5, 5.41) is 9.17. The third kappa shape index (κ3) is 4.11. The molecular weight excluding hydrogens is 452 g/mol. The van der Waals surface area contributed by atoms with Crippen molar-refractivity contribution in [3.05, 3.63) is 60.2 Å². The van der Waals surface area contributed by atoms with Gasteiger partial charge in [0.15, 0.2) is 6.61 Å². The first-order chi connectivity index (χ1) is 17.0. The number of anilines is 2. The minimum absolute atomic E-state index is 0.0171. The normalized spacial score (nSPS) is 18.5. The minimum Gasteiger partial charge on any atom is -0.452 e. The van der Waals surface area contributed by atoms with E-state index in [9.17, 15) is 19.2 Å². The SMILES string of the molecule is COCCN1C(=O)c2ccccc2N2C(=O)CCC12C(=O)OCC(=O)N(CC#N)c1ccccc1. The van der Waals surface area contributed by atoms with Crippen LogP contribution in [0.1, 0.15) is 23.2 Å². The van der Waals surface area contributed by atoms with Crippen LogP contribution in [0, 0.1) is 11.3 Å². The molecule has 1 saturated heterocycles. The highest BCUT2D eigenvalue weighted by atomic mass is 16.5. The molecule has 4 rings (SSSR count). The van der Waals surface area contributed by atoms with E-state index in [1.807, 2.05) is 6.07 Å². The fourth-order valence-electron chi connectivity index (χ4n) is 4.56. The molecule has 180 valence electrons. The summed E-state index contributed by atoms with van der Waals surface area (Å²) in [6.45, 7) is -0.718. The van der Waals surface area contributed by atoms with E-state index < -0.39 is 30.1 Å². The second kappa shape index (κ2) is 9.95. The van der Waals surface area contributed by atoms with Gasteiger partial charge in [0, 0.05) is 32.2 Å². The van der Waals surface area contributed by atoms with Gasteiger partial charge in [0.05, 0.1) is 23.9 Å². The third-order valence-electron chi connectivity index (χ3n) is 6.14. The Labute approximate surface area is 202 Å². The van der Waals surface area contributed by atoms with E-state index in [0.717, 1.165) is 0 Å². The number of hydrogen-bond acceptors (Lipinski definition) is 7. The summed E-state index contributed by atoms with van der Waals surface area (Å²) in [5.74, 6) is -2.25. The molecule has 3 amide bonds. The number of amides is 3. The molecule has 0 radical (unpaired) electrons. The van der Waals surface area contributed by atoms with Crippen molar-refractivity contribution in [1.82, 2.24) is 4.90 Å². The molecule has 2 aliphatic heterocycles. The predicted molar refractivity (Wildman–Crippen MR) is 124 cm³/mol. The number of hydrogen-bond donors (Lipinski definition) is 0. The summed E-state index contributed by atoms with van der Waals surface area (Å²) < 4.78 is 10.6. The average Bonchev–Trinajstić information content (AvgIpc) is 3.24. The molecule has 2 aromatic rings. The number of methoxy groups -OCH3 is 1. The highest BCUT2D eigenvalue weighted by Gasteiger charge is 2.61. The molecule has 0 spiro atoms. The summed E-state index contributed by atoms with van der Waals surface area (Å²) >= 11 is 0. The molecular formula is C25H24N4O6. The zero-order valence-corrected chi connectivity index (χ0v) is 19.2. The van der Waals surface area contributed by atoms with Crippen LogP contribution in [0.3, 0.4) is 0 Å². The number of esters is 1. The van der Waals surface area contributed by atoms with E-state index in [-0.39, 0.29) is 38.4 Å². The summed E-state index contributed by atoms with van der Waals surface area (Å²) in [6, 6.07) is 17.1. The van der Waals surface area contributed by atoms with Crippen LogP contribution in [0.25, 0.3) is 0 Å². The number of benzene rings is 2. The maximum Gasteiger partial charge on any atom is 0.354 e. The van der Waals surface area contributed by atoms with Gasteiger partial charge in [-0.2, -0.15) is 5.26 Å². The first-order valence-corrected chi connectivity index (χ1v) is 11.1. The van der Waals surface area contributed by atoms with Gasteiger partial charge in [-0.25, -0.2) is 4.79 Å². The molecule has 10 nitrogen and oxygen atoms in total.